The van der Waals surface area contributed by atoms with Crippen LogP contribution in [0.25, 0.3) is 0 Å². The van der Waals surface area contributed by atoms with Gasteiger partial charge in [0.15, 0.2) is 0 Å². The fourth-order valence-electron chi connectivity index (χ4n) is 1.66. The van der Waals surface area contributed by atoms with Gasteiger partial charge in [-0.15, -0.1) is 0 Å². The highest BCUT2D eigenvalue weighted by molar-refractivity contribution is 7.99. The Bertz CT molecular complexity index is 463. The second-order valence-corrected chi connectivity index (χ2v) is 5.87. The topological polar surface area (TPSA) is 49.7 Å². The van der Waals surface area contributed by atoms with Crippen molar-refractivity contribution >= 4 is 11.8 Å². The van der Waals surface area contributed by atoms with Crippen LogP contribution in [0.3, 0.4) is 0 Å². The number of thioether (sulfide) groups is 1. The fraction of sp³-hybridized carbons (Fsp3) is 0.500. The zero-order valence-electron chi connectivity index (χ0n) is 12.1. The van der Waals surface area contributed by atoms with Crippen LogP contribution in [-0.2, 0) is 5.75 Å². The van der Waals surface area contributed by atoms with E-state index in [2.05, 4.69) is 18.8 Å². The first-order valence-corrected chi connectivity index (χ1v) is 7.75. The number of aliphatic hydroxyl groups is 2. The summed E-state index contributed by atoms with van der Waals surface area (Å²) in [6.45, 7) is 2.42. The van der Waals surface area contributed by atoms with Crippen LogP contribution in [0.4, 0.5) is 0 Å². The van der Waals surface area contributed by atoms with E-state index in [1.807, 2.05) is 30.0 Å². The van der Waals surface area contributed by atoms with E-state index in [0.717, 1.165) is 23.5 Å². The van der Waals surface area contributed by atoms with Crippen molar-refractivity contribution in [3.05, 3.63) is 29.3 Å². The Kier molecular flexibility index (Phi) is 8.20. The third-order valence-electron chi connectivity index (χ3n) is 2.79. The van der Waals surface area contributed by atoms with Crippen LogP contribution < -0.4 is 4.74 Å². The molecule has 2 N–H and O–H groups in total. The number of aliphatic hydroxyl groups excluding tert-OH is 2. The number of ether oxygens (including phenoxy) is 1. The van der Waals surface area contributed by atoms with Crippen molar-refractivity contribution in [1.82, 2.24) is 0 Å². The third kappa shape index (κ3) is 5.87. The third-order valence-corrected chi connectivity index (χ3v) is 4.10. The predicted octanol–water partition coefficient (Wildman–Crippen LogP) is 2.43. The molecule has 0 fully saturated rings. The zero-order valence-corrected chi connectivity index (χ0v) is 12.9. The lowest BCUT2D eigenvalue weighted by molar-refractivity contribution is 0.289. The maximum absolute atomic E-state index is 8.90. The van der Waals surface area contributed by atoms with Crippen molar-refractivity contribution in [3.63, 3.8) is 0 Å². The molecule has 1 aromatic carbocycles. The van der Waals surface area contributed by atoms with Gasteiger partial charge in [0.25, 0.3) is 0 Å². The van der Waals surface area contributed by atoms with Crippen LogP contribution in [-0.4, -0.2) is 35.8 Å². The average molecular weight is 294 g/mol. The molecule has 0 bridgehead atoms. The number of rotatable bonds is 7. The molecule has 0 aliphatic rings. The standard InChI is InChI=1S/C16H22O3S/c1-13(8-10-18)20-12-14-6-7-16(19-2)15(11-14)5-3-4-9-17/h6-7,11,13,17-18H,4,8-10,12H2,1-2H3. The van der Waals surface area contributed by atoms with Gasteiger partial charge >= 0.3 is 0 Å². The summed E-state index contributed by atoms with van der Waals surface area (Å²) in [6, 6.07) is 5.99. The molecular formula is C16H22O3S. The van der Waals surface area contributed by atoms with Crippen molar-refractivity contribution in [2.24, 2.45) is 0 Å². The molecule has 0 aliphatic heterocycles. The van der Waals surface area contributed by atoms with E-state index in [4.69, 9.17) is 14.9 Å². The lowest BCUT2D eigenvalue weighted by Crippen LogP contribution is -2.00. The maximum atomic E-state index is 8.90. The van der Waals surface area contributed by atoms with Crippen LogP contribution in [0.2, 0.25) is 0 Å². The smallest absolute Gasteiger partial charge is 0.134 e. The Morgan fingerprint density at radius 2 is 2.10 bits per heavy atom. The molecule has 1 rings (SSSR count). The van der Waals surface area contributed by atoms with Gasteiger partial charge < -0.3 is 14.9 Å². The maximum Gasteiger partial charge on any atom is 0.134 e. The monoisotopic (exact) mass is 294 g/mol. The lowest BCUT2D eigenvalue weighted by atomic mass is 10.1. The molecule has 0 aromatic heterocycles. The normalized spacial score (nSPS) is 11.6. The summed E-state index contributed by atoms with van der Waals surface area (Å²) in [7, 11) is 1.63. The van der Waals surface area contributed by atoms with E-state index in [1.165, 1.54) is 5.56 Å². The Balaban J connectivity index is 2.74. The van der Waals surface area contributed by atoms with E-state index in [-0.39, 0.29) is 13.2 Å². The highest BCUT2D eigenvalue weighted by Gasteiger charge is 2.05. The molecule has 0 aliphatic carbocycles. The highest BCUT2D eigenvalue weighted by Crippen LogP contribution is 2.24. The van der Waals surface area contributed by atoms with Gasteiger partial charge in [0.2, 0.25) is 0 Å². The minimum Gasteiger partial charge on any atom is -0.495 e. The minimum atomic E-state index is 0.0729. The Morgan fingerprint density at radius 3 is 2.75 bits per heavy atom. The number of hydrogen-bond acceptors (Lipinski definition) is 4. The quantitative estimate of drug-likeness (QED) is 0.758. The van der Waals surface area contributed by atoms with Gasteiger partial charge in [-0.1, -0.05) is 24.8 Å². The van der Waals surface area contributed by atoms with Crippen LogP contribution in [0.5, 0.6) is 5.75 Å². The molecule has 20 heavy (non-hydrogen) atoms. The van der Waals surface area contributed by atoms with Crippen molar-refractivity contribution in [2.45, 2.75) is 30.8 Å². The molecule has 0 heterocycles. The van der Waals surface area contributed by atoms with Gasteiger partial charge in [-0.2, -0.15) is 11.8 Å². The number of hydrogen-bond donors (Lipinski definition) is 2. The van der Waals surface area contributed by atoms with Crippen LogP contribution >= 0.6 is 11.8 Å². The molecule has 0 radical (unpaired) electrons. The molecule has 1 atom stereocenters. The SMILES string of the molecule is COc1ccc(CSC(C)CCO)cc1C#CCCO. The van der Waals surface area contributed by atoms with Crippen LogP contribution in [0.1, 0.15) is 30.9 Å². The summed E-state index contributed by atoms with van der Waals surface area (Å²) >= 11 is 1.82. The first-order chi connectivity index (χ1) is 9.71. The number of benzene rings is 1. The summed E-state index contributed by atoms with van der Waals surface area (Å²) in [5, 5.41) is 18.1. The molecule has 0 amide bonds. The lowest BCUT2D eigenvalue weighted by Gasteiger charge is -2.10. The Labute approximate surface area is 125 Å². The van der Waals surface area contributed by atoms with Gasteiger partial charge in [0.1, 0.15) is 5.75 Å². The molecule has 110 valence electrons. The van der Waals surface area contributed by atoms with E-state index in [9.17, 15) is 0 Å². The first kappa shape index (κ1) is 16.9. The summed E-state index contributed by atoms with van der Waals surface area (Å²) in [6.07, 6.45) is 1.28. The summed E-state index contributed by atoms with van der Waals surface area (Å²) < 4.78 is 5.29. The molecule has 1 aromatic rings. The predicted molar refractivity (Wildman–Crippen MR) is 84.0 cm³/mol. The summed E-state index contributed by atoms with van der Waals surface area (Å²) in [4.78, 5) is 0. The molecule has 0 spiro atoms. The number of methoxy groups -OCH3 is 1. The van der Waals surface area contributed by atoms with E-state index < -0.39 is 0 Å². The molecular weight excluding hydrogens is 272 g/mol. The Hall–Kier alpha value is -1.15. The van der Waals surface area contributed by atoms with E-state index in [1.54, 1.807) is 7.11 Å². The van der Waals surface area contributed by atoms with Gasteiger partial charge in [-0.05, 0) is 24.1 Å². The second-order valence-electron chi connectivity index (χ2n) is 4.44. The van der Waals surface area contributed by atoms with Crippen molar-refractivity contribution < 1.29 is 14.9 Å². The average Bonchev–Trinajstić information content (AvgIpc) is 2.46. The summed E-state index contributed by atoms with van der Waals surface area (Å²) in [5.74, 6) is 7.60. The zero-order chi connectivity index (χ0) is 14.8. The Morgan fingerprint density at radius 1 is 1.30 bits per heavy atom. The van der Waals surface area contributed by atoms with Crippen molar-refractivity contribution in [1.29, 1.82) is 0 Å². The van der Waals surface area contributed by atoms with E-state index in [0.29, 0.717) is 11.7 Å². The molecule has 0 saturated heterocycles. The van der Waals surface area contributed by atoms with Crippen LogP contribution in [0, 0.1) is 11.8 Å². The van der Waals surface area contributed by atoms with Gasteiger partial charge in [0.05, 0.1) is 19.3 Å². The summed E-state index contributed by atoms with van der Waals surface area (Å²) in [5.41, 5.74) is 2.04. The fourth-order valence-corrected chi connectivity index (χ4v) is 2.59. The van der Waals surface area contributed by atoms with Crippen molar-refractivity contribution in [2.75, 3.05) is 20.3 Å². The first-order valence-electron chi connectivity index (χ1n) is 6.70. The molecule has 3 nitrogen and oxygen atoms in total. The van der Waals surface area contributed by atoms with E-state index >= 15 is 0 Å². The molecule has 4 heteroatoms. The molecule has 1 unspecified atom stereocenters. The van der Waals surface area contributed by atoms with Gasteiger partial charge in [-0.3, -0.25) is 0 Å². The van der Waals surface area contributed by atoms with Crippen LogP contribution in [0.15, 0.2) is 18.2 Å². The largest absolute Gasteiger partial charge is 0.495 e. The molecule has 0 saturated carbocycles. The van der Waals surface area contributed by atoms with Gasteiger partial charge in [-0.25, -0.2) is 0 Å². The highest BCUT2D eigenvalue weighted by atomic mass is 32.2. The van der Waals surface area contributed by atoms with Crippen molar-refractivity contribution in [3.8, 4) is 17.6 Å². The van der Waals surface area contributed by atoms with Gasteiger partial charge in [0, 0.05) is 24.0 Å². The minimum absolute atomic E-state index is 0.0729. The second kappa shape index (κ2) is 9.71.